The summed E-state index contributed by atoms with van der Waals surface area (Å²) in [6, 6.07) is 6.60. The van der Waals surface area contributed by atoms with Crippen molar-refractivity contribution in [3.05, 3.63) is 36.4 Å². The molecule has 0 radical (unpaired) electrons. The van der Waals surface area contributed by atoms with Crippen LogP contribution in [0.3, 0.4) is 0 Å². The van der Waals surface area contributed by atoms with Gasteiger partial charge >= 0.3 is 11.9 Å². The normalized spacial score (nSPS) is 10.6. The van der Waals surface area contributed by atoms with Gasteiger partial charge in [-0.05, 0) is 30.7 Å². The highest BCUT2D eigenvalue weighted by atomic mass is 16.5. The molecule has 0 heterocycles. The zero-order valence-electron chi connectivity index (χ0n) is 15.2. The van der Waals surface area contributed by atoms with Crippen LogP contribution in [0, 0.1) is 0 Å². The van der Waals surface area contributed by atoms with Gasteiger partial charge in [-0.1, -0.05) is 45.4 Å². The van der Waals surface area contributed by atoms with Gasteiger partial charge in [-0.3, -0.25) is 0 Å². The van der Waals surface area contributed by atoms with E-state index in [2.05, 4.69) is 6.92 Å². The number of hydrogen-bond acceptors (Lipinski definition) is 5. The highest BCUT2D eigenvalue weighted by Gasteiger charge is 2.03. The minimum atomic E-state index is -0.627. The molecule has 0 atom stereocenters. The van der Waals surface area contributed by atoms with E-state index < -0.39 is 11.9 Å². The average Bonchev–Trinajstić information content (AvgIpc) is 2.63. The summed E-state index contributed by atoms with van der Waals surface area (Å²) in [7, 11) is 1.56. The molecule has 138 valence electrons. The van der Waals surface area contributed by atoms with Crippen LogP contribution < -0.4 is 9.47 Å². The summed E-state index contributed by atoms with van der Waals surface area (Å²) in [4.78, 5) is 23.1. The molecule has 5 heteroatoms. The number of benzene rings is 1. The second-order valence-electron chi connectivity index (χ2n) is 5.72. The van der Waals surface area contributed by atoms with Gasteiger partial charge in [0, 0.05) is 12.2 Å². The Hall–Kier alpha value is -2.30. The van der Waals surface area contributed by atoms with Crippen LogP contribution in [-0.2, 0) is 14.3 Å². The molecule has 0 saturated carbocycles. The second-order valence-corrected chi connectivity index (χ2v) is 5.72. The fraction of sp³-hybridized carbons (Fsp3) is 0.500. The van der Waals surface area contributed by atoms with Crippen molar-refractivity contribution in [2.24, 2.45) is 0 Å². The molecule has 0 amide bonds. The summed E-state index contributed by atoms with van der Waals surface area (Å²) in [5.74, 6) is -0.105. The van der Waals surface area contributed by atoms with Crippen LogP contribution in [0.1, 0.15) is 51.9 Å². The lowest BCUT2D eigenvalue weighted by atomic mass is 10.1. The van der Waals surface area contributed by atoms with E-state index >= 15 is 0 Å². The van der Waals surface area contributed by atoms with Crippen LogP contribution in [0.2, 0.25) is 0 Å². The van der Waals surface area contributed by atoms with Gasteiger partial charge in [-0.25, -0.2) is 9.59 Å². The molecule has 0 aliphatic carbocycles. The maximum atomic E-state index is 11.6. The second kappa shape index (κ2) is 13.0. The number of methoxy groups -OCH3 is 1. The average molecular weight is 348 g/mol. The Morgan fingerprint density at radius 3 is 2.04 bits per heavy atom. The Bertz CT molecular complexity index is 534. The molecule has 0 N–H and O–H groups in total. The fourth-order valence-electron chi connectivity index (χ4n) is 2.21. The van der Waals surface area contributed by atoms with Gasteiger partial charge < -0.3 is 14.2 Å². The lowest BCUT2D eigenvalue weighted by Crippen LogP contribution is -2.07. The Labute approximate surface area is 150 Å². The standard InChI is InChI=1S/C20H28O5/c1-3-4-5-6-7-8-9-16-24-19(21)14-15-20(22)25-18-12-10-17(23-2)11-13-18/h10-15H,3-9,16H2,1-2H3/b15-14+. The summed E-state index contributed by atoms with van der Waals surface area (Å²) in [6.07, 6.45) is 10.3. The largest absolute Gasteiger partial charge is 0.497 e. The smallest absolute Gasteiger partial charge is 0.336 e. The van der Waals surface area contributed by atoms with Crippen LogP contribution in [0.15, 0.2) is 36.4 Å². The van der Waals surface area contributed by atoms with Gasteiger partial charge in [0.2, 0.25) is 0 Å². The topological polar surface area (TPSA) is 61.8 Å². The van der Waals surface area contributed by atoms with E-state index in [4.69, 9.17) is 14.2 Å². The Morgan fingerprint density at radius 2 is 1.40 bits per heavy atom. The minimum absolute atomic E-state index is 0.379. The van der Waals surface area contributed by atoms with Gasteiger partial charge in [0.05, 0.1) is 13.7 Å². The molecular weight excluding hydrogens is 320 g/mol. The first-order valence-corrected chi connectivity index (χ1v) is 8.86. The predicted molar refractivity (Wildman–Crippen MR) is 96.7 cm³/mol. The summed E-state index contributed by atoms with van der Waals surface area (Å²) in [6.45, 7) is 2.57. The third-order valence-electron chi connectivity index (χ3n) is 3.63. The van der Waals surface area contributed by atoms with E-state index in [0.717, 1.165) is 25.0 Å². The molecule has 5 nitrogen and oxygen atoms in total. The van der Waals surface area contributed by atoms with Crippen LogP contribution in [-0.4, -0.2) is 25.7 Å². The molecule has 1 rings (SSSR count). The zero-order chi connectivity index (χ0) is 18.3. The minimum Gasteiger partial charge on any atom is -0.497 e. The molecule has 0 bridgehead atoms. The van der Waals surface area contributed by atoms with Crippen molar-refractivity contribution in [2.45, 2.75) is 51.9 Å². The van der Waals surface area contributed by atoms with Crippen LogP contribution >= 0.6 is 0 Å². The monoisotopic (exact) mass is 348 g/mol. The van der Waals surface area contributed by atoms with Crippen molar-refractivity contribution in [1.29, 1.82) is 0 Å². The molecule has 0 spiro atoms. The molecule has 0 fully saturated rings. The van der Waals surface area contributed by atoms with E-state index in [1.165, 1.54) is 32.1 Å². The summed E-state index contributed by atoms with van der Waals surface area (Å²) in [5.41, 5.74) is 0. The molecule has 0 aliphatic heterocycles. The molecule has 1 aromatic rings. The molecular formula is C20H28O5. The summed E-state index contributed by atoms with van der Waals surface area (Å²) in [5, 5.41) is 0. The quantitative estimate of drug-likeness (QED) is 0.242. The number of ether oxygens (including phenoxy) is 3. The van der Waals surface area contributed by atoms with E-state index in [1.807, 2.05) is 0 Å². The van der Waals surface area contributed by atoms with Gasteiger partial charge in [0.15, 0.2) is 0 Å². The van der Waals surface area contributed by atoms with Gasteiger partial charge in [0.1, 0.15) is 11.5 Å². The first-order chi connectivity index (χ1) is 12.2. The SMILES string of the molecule is CCCCCCCCCOC(=O)/C=C/C(=O)Oc1ccc(OC)cc1. The lowest BCUT2D eigenvalue weighted by Gasteiger charge is -2.03. The Morgan fingerprint density at radius 1 is 0.840 bits per heavy atom. The third-order valence-corrected chi connectivity index (χ3v) is 3.63. The first-order valence-electron chi connectivity index (χ1n) is 8.86. The number of unbranched alkanes of at least 4 members (excludes halogenated alkanes) is 6. The van der Waals surface area contributed by atoms with Gasteiger partial charge in [0.25, 0.3) is 0 Å². The number of carbonyl (C=O) groups is 2. The van der Waals surface area contributed by atoms with Gasteiger partial charge in [-0.15, -0.1) is 0 Å². The van der Waals surface area contributed by atoms with Crippen molar-refractivity contribution in [3.63, 3.8) is 0 Å². The number of carbonyl (C=O) groups excluding carboxylic acids is 2. The van der Waals surface area contributed by atoms with Crippen LogP contribution in [0.5, 0.6) is 11.5 Å². The van der Waals surface area contributed by atoms with Gasteiger partial charge in [-0.2, -0.15) is 0 Å². The lowest BCUT2D eigenvalue weighted by molar-refractivity contribution is -0.138. The number of hydrogen-bond donors (Lipinski definition) is 0. The first kappa shape index (κ1) is 20.7. The van der Waals surface area contributed by atoms with Crippen molar-refractivity contribution < 1.29 is 23.8 Å². The predicted octanol–water partition coefficient (Wildman–Crippen LogP) is 4.45. The highest BCUT2D eigenvalue weighted by Crippen LogP contribution is 2.17. The maximum Gasteiger partial charge on any atom is 0.336 e. The fourth-order valence-corrected chi connectivity index (χ4v) is 2.21. The van der Waals surface area contributed by atoms with Crippen molar-refractivity contribution >= 4 is 11.9 Å². The van der Waals surface area contributed by atoms with Crippen LogP contribution in [0.25, 0.3) is 0 Å². The third kappa shape index (κ3) is 10.2. The highest BCUT2D eigenvalue weighted by molar-refractivity contribution is 5.92. The van der Waals surface area contributed by atoms with Crippen LogP contribution in [0.4, 0.5) is 0 Å². The number of rotatable bonds is 12. The molecule has 0 unspecified atom stereocenters. The summed E-state index contributed by atoms with van der Waals surface area (Å²) < 4.78 is 15.1. The van der Waals surface area contributed by atoms with Crippen molar-refractivity contribution in [2.75, 3.05) is 13.7 Å². The molecule has 25 heavy (non-hydrogen) atoms. The molecule has 0 aliphatic rings. The van der Waals surface area contributed by atoms with E-state index in [-0.39, 0.29) is 0 Å². The van der Waals surface area contributed by atoms with E-state index in [0.29, 0.717) is 18.1 Å². The molecule has 0 saturated heterocycles. The molecule has 1 aromatic carbocycles. The van der Waals surface area contributed by atoms with E-state index in [9.17, 15) is 9.59 Å². The molecule has 0 aromatic heterocycles. The van der Waals surface area contributed by atoms with E-state index in [1.54, 1.807) is 31.4 Å². The van der Waals surface area contributed by atoms with Crippen molar-refractivity contribution in [1.82, 2.24) is 0 Å². The van der Waals surface area contributed by atoms with Crippen molar-refractivity contribution in [3.8, 4) is 11.5 Å². The zero-order valence-corrected chi connectivity index (χ0v) is 15.2. The summed E-state index contributed by atoms with van der Waals surface area (Å²) >= 11 is 0. The Balaban J connectivity index is 2.14. The number of esters is 2. The maximum absolute atomic E-state index is 11.6. The Kier molecular flexibility index (Phi) is 10.8.